The average molecular weight is 304 g/mol. The van der Waals surface area contributed by atoms with Crippen LogP contribution in [0.5, 0.6) is 0 Å². The zero-order chi connectivity index (χ0) is 16.4. The van der Waals surface area contributed by atoms with Gasteiger partial charge in [0.25, 0.3) is 5.91 Å². The molecule has 6 heteroatoms. The van der Waals surface area contributed by atoms with Crippen LogP contribution in [0.15, 0.2) is 30.3 Å². The van der Waals surface area contributed by atoms with E-state index in [0.717, 1.165) is 5.56 Å². The van der Waals surface area contributed by atoms with Crippen molar-refractivity contribution >= 4 is 12.0 Å². The van der Waals surface area contributed by atoms with E-state index in [4.69, 9.17) is 11.2 Å². The van der Waals surface area contributed by atoms with E-state index in [-0.39, 0.29) is 13.0 Å². The molecule has 3 N–H and O–H groups in total. The molecule has 2 amide bonds. The number of carbonyl (C=O) groups is 2. The number of carbonyl (C=O) groups excluding carboxylic acids is 2. The van der Waals surface area contributed by atoms with Crippen molar-refractivity contribution in [1.29, 1.82) is 0 Å². The Morgan fingerprint density at radius 1 is 1.36 bits per heavy atom. The summed E-state index contributed by atoms with van der Waals surface area (Å²) < 4.78 is 5.06. The van der Waals surface area contributed by atoms with Gasteiger partial charge >= 0.3 is 6.09 Å². The Kier molecular flexibility index (Phi) is 7.51. The SMILES string of the molecule is C#CCC[C@H](NC(=O)OCc1ccccc1)[C@H](O)C(=O)NC. The molecule has 118 valence electrons. The maximum absolute atomic E-state index is 11.8. The summed E-state index contributed by atoms with van der Waals surface area (Å²) in [5.41, 5.74) is 0.838. The molecule has 2 atom stereocenters. The van der Waals surface area contributed by atoms with Crippen LogP contribution in [-0.2, 0) is 16.1 Å². The molecule has 0 fully saturated rings. The van der Waals surface area contributed by atoms with Gasteiger partial charge in [0, 0.05) is 13.5 Å². The fourth-order valence-electron chi connectivity index (χ4n) is 1.79. The Balaban J connectivity index is 2.55. The minimum atomic E-state index is -1.39. The number of nitrogens with one attached hydrogen (secondary N) is 2. The molecular weight excluding hydrogens is 284 g/mol. The second kappa shape index (κ2) is 9.42. The lowest BCUT2D eigenvalue weighted by Crippen LogP contribution is -2.50. The van der Waals surface area contributed by atoms with Crippen molar-refractivity contribution in [2.45, 2.75) is 31.6 Å². The first-order valence-corrected chi connectivity index (χ1v) is 6.88. The highest BCUT2D eigenvalue weighted by Crippen LogP contribution is 2.05. The molecule has 6 nitrogen and oxygen atoms in total. The number of likely N-dealkylation sites (N-methyl/N-ethyl adjacent to an activating group) is 1. The van der Waals surface area contributed by atoms with Crippen molar-refractivity contribution in [3.05, 3.63) is 35.9 Å². The standard InChI is InChI=1S/C16H20N2O4/c1-3-4-10-13(14(19)15(20)17-2)18-16(21)22-11-12-8-6-5-7-9-12/h1,5-9,13-14,19H,4,10-11H2,2H3,(H,17,20)(H,18,21)/t13-,14-/m0/s1. The molecule has 22 heavy (non-hydrogen) atoms. The number of alkyl carbamates (subject to hydrolysis) is 1. The fraction of sp³-hybridized carbons (Fsp3) is 0.375. The van der Waals surface area contributed by atoms with Crippen LogP contribution in [0.2, 0.25) is 0 Å². The van der Waals surface area contributed by atoms with Crippen LogP contribution in [-0.4, -0.2) is 36.3 Å². The minimum absolute atomic E-state index is 0.102. The third-order valence-corrected chi connectivity index (χ3v) is 3.01. The van der Waals surface area contributed by atoms with E-state index >= 15 is 0 Å². The number of hydrogen-bond acceptors (Lipinski definition) is 4. The molecule has 1 aromatic rings. The Bertz CT molecular complexity index is 525. The molecule has 0 aliphatic carbocycles. The van der Waals surface area contributed by atoms with Crippen LogP contribution in [0.3, 0.4) is 0 Å². The van der Waals surface area contributed by atoms with Crippen molar-refractivity contribution in [3.63, 3.8) is 0 Å². The number of ether oxygens (including phenoxy) is 1. The average Bonchev–Trinajstić information content (AvgIpc) is 2.56. The largest absolute Gasteiger partial charge is 0.445 e. The van der Waals surface area contributed by atoms with Crippen molar-refractivity contribution in [1.82, 2.24) is 10.6 Å². The van der Waals surface area contributed by atoms with Gasteiger partial charge in [-0.3, -0.25) is 4.79 Å². The lowest BCUT2D eigenvalue weighted by atomic mass is 10.1. The second-order valence-electron chi connectivity index (χ2n) is 4.61. The number of aliphatic hydroxyl groups is 1. The van der Waals surface area contributed by atoms with Gasteiger partial charge in [0.05, 0.1) is 6.04 Å². The van der Waals surface area contributed by atoms with Gasteiger partial charge in [-0.1, -0.05) is 30.3 Å². The third kappa shape index (κ3) is 5.85. The molecule has 0 heterocycles. The second-order valence-corrected chi connectivity index (χ2v) is 4.61. The molecule has 0 unspecified atom stereocenters. The first kappa shape index (κ1) is 17.5. The summed E-state index contributed by atoms with van der Waals surface area (Å²) in [6.45, 7) is 0.102. The lowest BCUT2D eigenvalue weighted by Gasteiger charge is -2.22. The van der Waals surface area contributed by atoms with E-state index < -0.39 is 24.1 Å². The predicted molar refractivity (Wildman–Crippen MR) is 81.7 cm³/mol. The first-order chi connectivity index (χ1) is 10.6. The Morgan fingerprint density at radius 2 is 2.05 bits per heavy atom. The van der Waals surface area contributed by atoms with E-state index in [0.29, 0.717) is 6.42 Å². The lowest BCUT2D eigenvalue weighted by molar-refractivity contribution is -0.130. The summed E-state index contributed by atoms with van der Waals surface area (Å²) in [7, 11) is 1.40. The molecule has 0 bridgehead atoms. The number of terminal acetylenes is 1. The number of rotatable bonds is 7. The van der Waals surface area contributed by atoms with Crippen molar-refractivity contribution < 1.29 is 19.4 Å². The fourth-order valence-corrected chi connectivity index (χ4v) is 1.79. The number of benzene rings is 1. The summed E-state index contributed by atoms with van der Waals surface area (Å²) in [6, 6.07) is 8.37. The van der Waals surface area contributed by atoms with Crippen LogP contribution in [0, 0.1) is 12.3 Å². The highest BCUT2D eigenvalue weighted by Gasteiger charge is 2.26. The summed E-state index contributed by atoms with van der Waals surface area (Å²) in [5.74, 6) is 1.81. The van der Waals surface area contributed by atoms with Gasteiger partial charge in [-0.25, -0.2) is 4.79 Å². The minimum Gasteiger partial charge on any atom is -0.445 e. The van der Waals surface area contributed by atoms with Crippen LogP contribution in [0.25, 0.3) is 0 Å². The van der Waals surface area contributed by atoms with Gasteiger partial charge in [-0.05, 0) is 12.0 Å². The first-order valence-electron chi connectivity index (χ1n) is 6.88. The van der Waals surface area contributed by atoms with E-state index in [9.17, 15) is 14.7 Å². The van der Waals surface area contributed by atoms with Gasteiger partial charge in [-0.2, -0.15) is 0 Å². The molecule has 0 aromatic heterocycles. The monoisotopic (exact) mass is 304 g/mol. The normalized spacial score (nSPS) is 12.6. The van der Waals surface area contributed by atoms with Crippen molar-refractivity contribution in [2.75, 3.05) is 7.05 Å². The molecule has 0 radical (unpaired) electrons. The smallest absolute Gasteiger partial charge is 0.407 e. The predicted octanol–water partition coefficient (Wildman–Crippen LogP) is 0.802. The quantitative estimate of drug-likeness (QED) is 0.650. The Morgan fingerprint density at radius 3 is 2.64 bits per heavy atom. The molecule has 1 aromatic carbocycles. The highest BCUT2D eigenvalue weighted by molar-refractivity contribution is 5.81. The molecule has 0 spiro atoms. The molecule has 0 saturated heterocycles. The van der Waals surface area contributed by atoms with Crippen LogP contribution >= 0.6 is 0 Å². The highest BCUT2D eigenvalue weighted by atomic mass is 16.5. The van der Waals surface area contributed by atoms with Gasteiger partial charge in [-0.15, -0.1) is 12.3 Å². The number of aliphatic hydroxyl groups excluding tert-OH is 1. The number of hydrogen-bond donors (Lipinski definition) is 3. The maximum Gasteiger partial charge on any atom is 0.407 e. The molecular formula is C16H20N2O4. The third-order valence-electron chi connectivity index (χ3n) is 3.01. The molecule has 0 saturated carbocycles. The summed E-state index contributed by atoms with van der Waals surface area (Å²) >= 11 is 0. The number of amides is 2. The van der Waals surface area contributed by atoms with Crippen LogP contribution in [0.1, 0.15) is 18.4 Å². The van der Waals surface area contributed by atoms with E-state index in [1.807, 2.05) is 30.3 Å². The molecule has 0 aliphatic heterocycles. The Hall–Kier alpha value is -2.52. The van der Waals surface area contributed by atoms with Crippen molar-refractivity contribution in [2.24, 2.45) is 0 Å². The zero-order valence-corrected chi connectivity index (χ0v) is 12.4. The van der Waals surface area contributed by atoms with Crippen LogP contribution in [0.4, 0.5) is 4.79 Å². The maximum atomic E-state index is 11.8. The summed E-state index contributed by atoms with van der Waals surface area (Å²) in [4.78, 5) is 23.2. The van der Waals surface area contributed by atoms with Gasteiger partial charge < -0.3 is 20.5 Å². The van der Waals surface area contributed by atoms with Gasteiger partial charge in [0.15, 0.2) is 6.10 Å². The molecule has 0 aliphatic rings. The Labute approximate surface area is 129 Å². The molecule has 1 rings (SSSR count). The van der Waals surface area contributed by atoms with Gasteiger partial charge in [0.1, 0.15) is 6.61 Å². The van der Waals surface area contributed by atoms with E-state index in [1.54, 1.807) is 0 Å². The zero-order valence-electron chi connectivity index (χ0n) is 12.4. The summed E-state index contributed by atoms with van der Waals surface area (Å²) in [5, 5.41) is 14.7. The van der Waals surface area contributed by atoms with E-state index in [1.165, 1.54) is 7.05 Å². The van der Waals surface area contributed by atoms with E-state index in [2.05, 4.69) is 16.6 Å². The van der Waals surface area contributed by atoms with Crippen molar-refractivity contribution in [3.8, 4) is 12.3 Å². The van der Waals surface area contributed by atoms with Crippen LogP contribution < -0.4 is 10.6 Å². The topological polar surface area (TPSA) is 87.7 Å². The van der Waals surface area contributed by atoms with Gasteiger partial charge in [0.2, 0.25) is 0 Å². The summed E-state index contributed by atoms with van der Waals surface area (Å²) in [6.07, 6.45) is 3.66.